The maximum absolute atomic E-state index is 14.0. The number of anilines is 1. The van der Waals surface area contributed by atoms with E-state index in [2.05, 4.69) is 9.62 Å². The van der Waals surface area contributed by atoms with Gasteiger partial charge in [-0.25, -0.2) is 17.6 Å². The van der Waals surface area contributed by atoms with E-state index in [1.165, 1.54) is 12.1 Å². The van der Waals surface area contributed by atoms with Crippen molar-refractivity contribution in [3.05, 3.63) is 58.9 Å². The van der Waals surface area contributed by atoms with Crippen LogP contribution in [0.25, 0.3) is 6.08 Å². The number of aliphatic hydroxyl groups is 1. The molecule has 192 valence electrons. The number of ether oxygens (including phenoxy) is 1. The molecule has 5 rings (SSSR count). The lowest BCUT2D eigenvalue weighted by Crippen LogP contribution is -2.42. The number of likely N-dealkylation sites (tertiary alicyclic amines) is 1. The van der Waals surface area contributed by atoms with Crippen molar-refractivity contribution >= 4 is 27.8 Å². The second kappa shape index (κ2) is 9.17. The Morgan fingerprint density at radius 1 is 1.28 bits per heavy atom. The van der Waals surface area contributed by atoms with Crippen LogP contribution in [0.3, 0.4) is 0 Å². The van der Waals surface area contributed by atoms with Crippen LogP contribution in [0.15, 0.2) is 41.3 Å². The quantitative estimate of drug-likeness (QED) is 0.514. The molecule has 0 unspecified atom stereocenters. The molecule has 0 aromatic heterocycles. The summed E-state index contributed by atoms with van der Waals surface area (Å²) in [4.78, 5) is 14.0. The van der Waals surface area contributed by atoms with E-state index in [9.17, 15) is 27.8 Å². The Kier molecular flexibility index (Phi) is 6.30. The fourth-order valence-corrected chi connectivity index (χ4v) is 6.24. The third kappa shape index (κ3) is 4.98. The number of hydrogen-bond acceptors (Lipinski definition) is 6. The number of nitrogens with one attached hydrogen (secondary N) is 1. The van der Waals surface area contributed by atoms with Crippen LogP contribution >= 0.6 is 0 Å². The van der Waals surface area contributed by atoms with E-state index in [-0.39, 0.29) is 33.4 Å². The van der Waals surface area contributed by atoms with E-state index in [4.69, 9.17) is 4.74 Å². The summed E-state index contributed by atoms with van der Waals surface area (Å²) in [5.41, 5.74) is -0.0525. The van der Waals surface area contributed by atoms with Crippen LogP contribution in [0.1, 0.15) is 53.6 Å². The maximum Gasteiger partial charge on any atom is 0.341 e. The maximum atomic E-state index is 14.0. The molecule has 0 spiro atoms. The van der Waals surface area contributed by atoms with Gasteiger partial charge in [0, 0.05) is 25.6 Å². The number of aromatic carboxylic acids is 1. The minimum absolute atomic E-state index is 0.0972. The van der Waals surface area contributed by atoms with Gasteiger partial charge in [0.25, 0.3) is 10.0 Å². The van der Waals surface area contributed by atoms with Gasteiger partial charge in [-0.15, -0.1) is 0 Å². The fourth-order valence-electron chi connectivity index (χ4n) is 4.99. The van der Waals surface area contributed by atoms with Gasteiger partial charge < -0.3 is 14.9 Å². The molecule has 36 heavy (non-hydrogen) atoms. The van der Waals surface area contributed by atoms with Gasteiger partial charge in [-0.2, -0.15) is 0 Å². The van der Waals surface area contributed by atoms with Gasteiger partial charge in [-0.3, -0.25) is 9.62 Å². The summed E-state index contributed by atoms with van der Waals surface area (Å²) >= 11 is 0. The molecule has 3 aliphatic rings. The highest BCUT2D eigenvalue weighted by atomic mass is 32.2. The largest absolute Gasteiger partial charge is 0.492 e. The number of nitrogens with zero attached hydrogens (tertiary/aromatic N) is 1. The predicted octanol–water partition coefficient (Wildman–Crippen LogP) is 3.68. The number of hydrogen-bond donors (Lipinski definition) is 3. The van der Waals surface area contributed by atoms with Crippen molar-refractivity contribution in [2.24, 2.45) is 5.92 Å². The smallest absolute Gasteiger partial charge is 0.341 e. The summed E-state index contributed by atoms with van der Waals surface area (Å²) in [5, 5.41) is 20.0. The topological polar surface area (TPSA) is 116 Å². The molecule has 1 saturated heterocycles. The Bertz CT molecular complexity index is 1330. The highest BCUT2D eigenvalue weighted by Crippen LogP contribution is 2.55. The highest BCUT2D eigenvalue weighted by molar-refractivity contribution is 7.92. The van der Waals surface area contributed by atoms with Gasteiger partial charge >= 0.3 is 5.97 Å². The summed E-state index contributed by atoms with van der Waals surface area (Å²) in [6, 6.07) is 6.52. The van der Waals surface area contributed by atoms with Crippen molar-refractivity contribution < 1.29 is 32.6 Å². The van der Waals surface area contributed by atoms with Crippen LogP contribution in [0, 0.1) is 11.7 Å². The van der Waals surface area contributed by atoms with Gasteiger partial charge in [0.05, 0.1) is 22.8 Å². The molecule has 0 amide bonds. The molecular formula is C26H29FN2O6S. The molecule has 2 heterocycles. The Hall–Kier alpha value is -2.95. The van der Waals surface area contributed by atoms with Gasteiger partial charge in [0.15, 0.2) is 0 Å². The number of sulfonamides is 1. The van der Waals surface area contributed by atoms with Crippen molar-refractivity contribution in [2.75, 3.05) is 31.0 Å². The average molecular weight is 517 g/mol. The fraction of sp³-hybridized carbons (Fsp3) is 0.423. The molecule has 2 aromatic rings. The first-order chi connectivity index (χ1) is 17.0. The molecule has 2 atom stereocenters. The number of piperidine rings is 1. The second-order valence-electron chi connectivity index (χ2n) is 10.1. The van der Waals surface area contributed by atoms with Crippen molar-refractivity contribution in [3.8, 4) is 5.75 Å². The lowest BCUT2D eigenvalue weighted by molar-refractivity contribution is -0.00242. The lowest BCUT2D eigenvalue weighted by atomic mass is 9.94. The van der Waals surface area contributed by atoms with E-state index in [0.717, 1.165) is 24.1 Å². The molecule has 2 aliphatic heterocycles. The Morgan fingerprint density at radius 2 is 2.03 bits per heavy atom. The van der Waals surface area contributed by atoms with Crippen LogP contribution in [-0.4, -0.2) is 61.3 Å². The number of rotatable bonds is 7. The monoisotopic (exact) mass is 516 g/mol. The normalized spacial score (nSPS) is 23.0. The van der Waals surface area contributed by atoms with Crippen LogP contribution in [0.2, 0.25) is 0 Å². The van der Waals surface area contributed by atoms with Crippen molar-refractivity contribution in [3.63, 3.8) is 0 Å². The number of carbonyl (C=O) groups is 1. The zero-order valence-electron chi connectivity index (χ0n) is 19.9. The van der Waals surface area contributed by atoms with Crippen molar-refractivity contribution in [1.82, 2.24) is 4.90 Å². The zero-order chi connectivity index (χ0) is 25.7. The molecule has 1 aliphatic carbocycles. The molecular weight excluding hydrogens is 487 g/mol. The number of fused-ring (bicyclic) bond motifs is 3. The van der Waals surface area contributed by atoms with E-state index < -0.39 is 27.4 Å². The molecule has 1 saturated carbocycles. The minimum Gasteiger partial charge on any atom is -0.492 e. The molecule has 10 heteroatoms. The Morgan fingerprint density at radius 3 is 2.75 bits per heavy atom. The van der Waals surface area contributed by atoms with Crippen LogP contribution in [0.5, 0.6) is 5.75 Å². The lowest BCUT2D eigenvalue weighted by Gasteiger charge is -2.35. The standard InChI is InChI=1S/C26H29FN2O6S/c1-26(32)8-11-29(12-9-26)10-2-3-16-13-18(27)4-7-22(16)36(33,34)28-21-6-5-19-20-14-17(20)15-35-24(19)23(21)25(30)31/h2-7,13,17,20,28,32H,8-12,14-15H2,1H3,(H,30,31)/b3-2-/t17-,20-/m0/s1. The third-order valence-corrected chi connectivity index (χ3v) is 8.71. The first kappa shape index (κ1) is 24.7. The van der Waals surface area contributed by atoms with Crippen molar-refractivity contribution in [2.45, 2.75) is 42.6 Å². The SMILES string of the molecule is CC1(O)CCN(C/C=C\c2cc(F)ccc2S(=O)(=O)Nc2ccc3c(c2C(=O)O)OC[C@@H]2C[C@H]32)CC1. The first-order valence-electron chi connectivity index (χ1n) is 12.0. The van der Waals surface area contributed by atoms with E-state index in [0.29, 0.717) is 45.0 Å². The summed E-state index contributed by atoms with van der Waals surface area (Å²) in [5.74, 6) is -1.04. The van der Waals surface area contributed by atoms with Crippen LogP contribution in [0.4, 0.5) is 10.1 Å². The minimum atomic E-state index is -4.25. The Balaban J connectivity index is 1.40. The average Bonchev–Trinajstić information content (AvgIpc) is 3.59. The Labute approximate surface area is 209 Å². The summed E-state index contributed by atoms with van der Waals surface area (Å²) < 4.78 is 48.8. The van der Waals surface area contributed by atoms with E-state index >= 15 is 0 Å². The van der Waals surface area contributed by atoms with Crippen LogP contribution < -0.4 is 9.46 Å². The second-order valence-corrected chi connectivity index (χ2v) is 11.8. The summed E-state index contributed by atoms with van der Waals surface area (Å²) in [7, 11) is -4.25. The van der Waals surface area contributed by atoms with E-state index in [1.54, 1.807) is 18.2 Å². The van der Waals surface area contributed by atoms with Crippen LogP contribution in [-0.2, 0) is 10.0 Å². The van der Waals surface area contributed by atoms with Gasteiger partial charge in [-0.1, -0.05) is 18.2 Å². The molecule has 0 radical (unpaired) electrons. The molecule has 2 fully saturated rings. The summed E-state index contributed by atoms with van der Waals surface area (Å²) in [6.45, 7) is 4.15. The molecule has 2 aromatic carbocycles. The zero-order valence-corrected chi connectivity index (χ0v) is 20.7. The number of halogens is 1. The highest BCUT2D eigenvalue weighted by Gasteiger charge is 2.45. The van der Waals surface area contributed by atoms with Gasteiger partial charge in [-0.05, 0) is 67.5 Å². The molecule has 8 nitrogen and oxygen atoms in total. The van der Waals surface area contributed by atoms with Gasteiger partial charge in [0.1, 0.15) is 17.1 Å². The van der Waals surface area contributed by atoms with E-state index in [1.807, 2.05) is 6.92 Å². The number of carboxylic acid groups (broad SMARTS) is 1. The predicted molar refractivity (Wildman–Crippen MR) is 132 cm³/mol. The number of carboxylic acids is 1. The third-order valence-electron chi connectivity index (χ3n) is 7.27. The molecule has 0 bridgehead atoms. The molecule has 3 N–H and O–H groups in total. The first-order valence-corrected chi connectivity index (χ1v) is 13.5. The summed E-state index contributed by atoms with van der Waals surface area (Å²) in [6.07, 6.45) is 5.52. The van der Waals surface area contributed by atoms with Gasteiger partial charge in [0.2, 0.25) is 0 Å². The number of benzene rings is 2. The van der Waals surface area contributed by atoms with Crippen molar-refractivity contribution in [1.29, 1.82) is 0 Å².